The number of carboxylic acid groups (broad SMARTS) is 1. The van der Waals surface area contributed by atoms with Gasteiger partial charge in [-0.1, -0.05) is 0 Å². The largest absolute Gasteiger partial charge is 0.476 e. The number of non-ortho nitro benzene ring substituents is 1. The van der Waals surface area contributed by atoms with Crippen LogP contribution >= 0.6 is 0 Å². The van der Waals surface area contributed by atoms with Crippen LogP contribution in [0, 0.1) is 10.1 Å². The van der Waals surface area contributed by atoms with Gasteiger partial charge in [-0.3, -0.25) is 10.1 Å². The highest BCUT2D eigenvalue weighted by Crippen LogP contribution is 2.29. The zero-order valence-corrected chi connectivity index (χ0v) is 9.32. The van der Waals surface area contributed by atoms with Gasteiger partial charge in [-0.25, -0.2) is 4.79 Å². The Morgan fingerprint density at radius 1 is 1.37 bits per heavy atom. The van der Waals surface area contributed by atoms with Crippen LogP contribution in [0.25, 0.3) is 21.8 Å². The van der Waals surface area contributed by atoms with Crippen molar-refractivity contribution in [3.8, 4) is 0 Å². The van der Waals surface area contributed by atoms with Gasteiger partial charge in [0.15, 0.2) is 5.69 Å². The monoisotopic (exact) mass is 258 g/mol. The Morgan fingerprint density at radius 2 is 2.16 bits per heavy atom. The molecule has 2 aromatic heterocycles. The van der Waals surface area contributed by atoms with Crippen molar-refractivity contribution in [2.75, 3.05) is 0 Å². The Hall–Kier alpha value is -3.03. The van der Waals surface area contributed by atoms with Gasteiger partial charge in [0.2, 0.25) is 0 Å². The highest BCUT2D eigenvalue weighted by atomic mass is 16.6. The normalized spacial score (nSPS) is 10.9. The predicted molar refractivity (Wildman–Crippen MR) is 65.0 cm³/mol. The number of benzene rings is 1. The lowest BCUT2D eigenvalue weighted by molar-refractivity contribution is -0.384. The van der Waals surface area contributed by atoms with E-state index in [1.165, 1.54) is 24.4 Å². The lowest BCUT2D eigenvalue weighted by atomic mass is 10.1. The summed E-state index contributed by atoms with van der Waals surface area (Å²) in [6.45, 7) is 0. The van der Waals surface area contributed by atoms with Crippen LogP contribution in [0.15, 0.2) is 24.4 Å². The van der Waals surface area contributed by atoms with Crippen LogP contribution in [0.2, 0.25) is 0 Å². The Balaban J connectivity index is 2.48. The number of nitro groups is 1. The number of carbonyl (C=O) groups is 1. The third-order valence-corrected chi connectivity index (χ3v) is 2.81. The second kappa shape index (κ2) is 3.73. The Kier molecular flexibility index (Phi) is 2.18. The van der Waals surface area contributed by atoms with Gasteiger partial charge in [0, 0.05) is 28.4 Å². The van der Waals surface area contributed by atoms with Gasteiger partial charge in [-0.15, -0.1) is 5.10 Å². The fourth-order valence-corrected chi connectivity index (χ4v) is 2.01. The number of rotatable bonds is 2. The van der Waals surface area contributed by atoms with Gasteiger partial charge >= 0.3 is 5.97 Å². The van der Waals surface area contributed by atoms with Gasteiger partial charge in [0.25, 0.3) is 5.69 Å². The van der Waals surface area contributed by atoms with Crippen molar-refractivity contribution >= 4 is 33.5 Å². The van der Waals surface area contributed by atoms with Gasteiger partial charge < -0.3 is 10.1 Å². The van der Waals surface area contributed by atoms with E-state index in [0.29, 0.717) is 21.8 Å². The van der Waals surface area contributed by atoms with Crippen molar-refractivity contribution in [2.45, 2.75) is 0 Å². The van der Waals surface area contributed by atoms with Crippen molar-refractivity contribution in [2.24, 2.45) is 0 Å². The topological polar surface area (TPSA) is 122 Å². The van der Waals surface area contributed by atoms with E-state index in [4.69, 9.17) is 5.11 Å². The second-order valence-corrected chi connectivity index (χ2v) is 3.90. The minimum atomic E-state index is -1.23. The quantitative estimate of drug-likeness (QED) is 0.533. The van der Waals surface area contributed by atoms with E-state index in [9.17, 15) is 14.9 Å². The summed E-state index contributed by atoms with van der Waals surface area (Å²) in [5.74, 6) is -1.23. The number of fused-ring (bicyclic) bond motifs is 3. The molecule has 3 aromatic rings. The maximum Gasteiger partial charge on any atom is 0.357 e. The van der Waals surface area contributed by atoms with Gasteiger partial charge in [0.05, 0.1) is 16.6 Å². The first-order chi connectivity index (χ1) is 9.08. The molecular weight excluding hydrogens is 252 g/mol. The first-order valence-corrected chi connectivity index (χ1v) is 5.23. The number of hydrogen-bond acceptors (Lipinski definition) is 5. The van der Waals surface area contributed by atoms with Gasteiger partial charge in [-0.05, 0) is 6.07 Å². The van der Waals surface area contributed by atoms with Gasteiger partial charge in [-0.2, -0.15) is 5.10 Å². The molecule has 0 fully saturated rings. The highest BCUT2D eigenvalue weighted by molar-refractivity contribution is 6.15. The first-order valence-electron chi connectivity index (χ1n) is 5.23. The van der Waals surface area contributed by atoms with Gasteiger partial charge in [0.1, 0.15) is 0 Å². The number of aromatic carboxylic acids is 1. The lowest BCUT2D eigenvalue weighted by Crippen LogP contribution is -2.02. The summed E-state index contributed by atoms with van der Waals surface area (Å²) in [6.07, 6.45) is 1.38. The summed E-state index contributed by atoms with van der Waals surface area (Å²) in [7, 11) is 0. The zero-order chi connectivity index (χ0) is 13.6. The van der Waals surface area contributed by atoms with Crippen LogP contribution < -0.4 is 0 Å². The van der Waals surface area contributed by atoms with Crippen LogP contribution in [-0.4, -0.2) is 31.2 Å². The summed E-state index contributed by atoms with van der Waals surface area (Å²) < 4.78 is 0. The second-order valence-electron chi connectivity index (χ2n) is 3.90. The number of H-pyrrole nitrogens is 1. The maximum absolute atomic E-state index is 11.1. The lowest BCUT2D eigenvalue weighted by Gasteiger charge is -1.96. The molecule has 0 amide bonds. The molecule has 0 saturated heterocycles. The minimum absolute atomic E-state index is 0.110. The fourth-order valence-electron chi connectivity index (χ4n) is 2.01. The predicted octanol–water partition coefficient (Wildman–Crippen LogP) is 1.72. The molecule has 0 aliphatic rings. The first kappa shape index (κ1) is 11.1. The number of carboxylic acids is 1. The molecule has 2 N–H and O–H groups in total. The Labute approximate surface area is 104 Å². The number of nitro benzene ring substituents is 1. The van der Waals surface area contributed by atoms with E-state index in [1.807, 2.05) is 0 Å². The molecule has 0 unspecified atom stereocenters. The molecule has 1 aromatic carbocycles. The number of nitrogens with zero attached hydrogens (tertiary/aromatic N) is 3. The number of aromatic amines is 1. The number of aromatic nitrogens is 3. The molecular formula is C11H6N4O4. The summed E-state index contributed by atoms with van der Waals surface area (Å²) in [5.41, 5.74) is 0.728. The molecule has 3 rings (SSSR count). The minimum Gasteiger partial charge on any atom is -0.476 e. The molecule has 0 aliphatic heterocycles. The van der Waals surface area contributed by atoms with Crippen molar-refractivity contribution in [1.82, 2.24) is 15.2 Å². The molecule has 19 heavy (non-hydrogen) atoms. The molecule has 0 radical (unpaired) electrons. The molecule has 0 saturated carbocycles. The molecule has 8 nitrogen and oxygen atoms in total. The van der Waals surface area contributed by atoms with Crippen LogP contribution in [0.5, 0.6) is 0 Å². The molecule has 0 bridgehead atoms. The maximum atomic E-state index is 11.1. The number of nitrogens with one attached hydrogen (secondary N) is 1. The number of hydrogen-bond donors (Lipinski definition) is 2. The van der Waals surface area contributed by atoms with Crippen LogP contribution in [0.3, 0.4) is 0 Å². The summed E-state index contributed by atoms with van der Waals surface area (Å²) in [4.78, 5) is 24.3. The van der Waals surface area contributed by atoms with E-state index in [1.54, 1.807) is 0 Å². The van der Waals surface area contributed by atoms with Crippen LogP contribution in [-0.2, 0) is 0 Å². The average molecular weight is 258 g/mol. The average Bonchev–Trinajstić information content (AvgIpc) is 2.75. The summed E-state index contributed by atoms with van der Waals surface area (Å²) in [5, 5.41) is 27.8. The fraction of sp³-hybridized carbons (Fsp3) is 0. The SMILES string of the molecule is O=C(O)c1nncc2[nH]c3ccc([N+](=O)[O-])cc3c12. The molecule has 8 heteroatoms. The van der Waals surface area contributed by atoms with Crippen molar-refractivity contribution in [3.63, 3.8) is 0 Å². The Morgan fingerprint density at radius 3 is 2.84 bits per heavy atom. The van der Waals surface area contributed by atoms with E-state index in [-0.39, 0.29) is 11.4 Å². The van der Waals surface area contributed by atoms with Crippen LogP contribution in [0.4, 0.5) is 5.69 Å². The van der Waals surface area contributed by atoms with E-state index < -0.39 is 10.9 Å². The molecule has 2 heterocycles. The molecule has 94 valence electrons. The molecule has 0 spiro atoms. The Bertz CT molecular complexity index is 839. The van der Waals surface area contributed by atoms with E-state index in [2.05, 4.69) is 15.2 Å². The van der Waals surface area contributed by atoms with Crippen LogP contribution in [0.1, 0.15) is 10.5 Å². The molecule has 0 aliphatic carbocycles. The summed E-state index contributed by atoms with van der Waals surface area (Å²) in [6, 6.07) is 4.19. The van der Waals surface area contributed by atoms with Crippen molar-refractivity contribution in [3.05, 3.63) is 40.2 Å². The van der Waals surface area contributed by atoms with E-state index >= 15 is 0 Å². The smallest absolute Gasteiger partial charge is 0.357 e. The standard InChI is InChI=1S/C11H6N4O4/c16-11(17)10-9-6-3-5(15(18)19)1-2-7(6)13-8(9)4-12-14-10/h1-4,13H,(H,16,17). The summed E-state index contributed by atoms with van der Waals surface area (Å²) >= 11 is 0. The highest BCUT2D eigenvalue weighted by Gasteiger charge is 2.18. The van der Waals surface area contributed by atoms with Crippen molar-refractivity contribution < 1.29 is 14.8 Å². The third kappa shape index (κ3) is 1.58. The zero-order valence-electron chi connectivity index (χ0n) is 9.32. The van der Waals surface area contributed by atoms with E-state index in [0.717, 1.165) is 0 Å². The third-order valence-electron chi connectivity index (χ3n) is 2.81. The van der Waals surface area contributed by atoms with Crippen molar-refractivity contribution in [1.29, 1.82) is 0 Å². The molecule has 0 atom stereocenters.